The first-order valence-corrected chi connectivity index (χ1v) is 10.6. The van der Waals surface area contributed by atoms with Crippen molar-refractivity contribution in [3.63, 3.8) is 0 Å². The Kier molecular flexibility index (Phi) is 6.52. The number of piperidine rings is 1. The molecule has 2 N–H and O–H groups in total. The molecule has 0 bridgehead atoms. The van der Waals surface area contributed by atoms with Gasteiger partial charge in [0.25, 0.3) is 5.91 Å². The standard InChI is InChI=1S/C21H22F3N7O3/c1-30-16(9-10-26-30)18(32)25-12-15-4-2-3-11-31(15)20(33)27-14-7-5-13(6-8-14)17-28-19(34-29-17)21(22,23)24/h5-10,15H,2-4,11-12H2,1H3,(H,25,32)(H,27,33). The van der Waals surface area contributed by atoms with Gasteiger partial charge in [0, 0.05) is 37.6 Å². The number of alkyl halides is 3. The van der Waals surface area contributed by atoms with Gasteiger partial charge in [0.1, 0.15) is 5.69 Å². The van der Waals surface area contributed by atoms with Crippen molar-refractivity contribution in [3.8, 4) is 11.4 Å². The third kappa shape index (κ3) is 5.18. The third-order valence-electron chi connectivity index (χ3n) is 5.50. The summed E-state index contributed by atoms with van der Waals surface area (Å²) >= 11 is 0. The highest BCUT2D eigenvalue weighted by atomic mass is 19.4. The molecule has 1 aliphatic heterocycles. The first-order chi connectivity index (χ1) is 16.2. The fourth-order valence-corrected chi connectivity index (χ4v) is 3.73. The summed E-state index contributed by atoms with van der Waals surface area (Å²) < 4.78 is 43.7. The molecule has 1 atom stereocenters. The Morgan fingerprint density at radius 1 is 1.18 bits per heavy atom. The monoisotopic (exact) mass is 477 g/mol. The smallest absolute Gasteiger partial charge is 0.349 e. The van der Waals surface area contributed by atoms with Crippen LogP contribution < -0.4 is 10.6 Å². The number of rotatable bonds is 5. The van der Waals surface area contributed by atoms with E-state index in [0.717, 1.165) is 19.3 Å². The van der Waals surface area contributed by atoms with E-state index in [1.54, 1.807) is 30.1 Å². The maximum Gasteiger partial charge on any atom is 0.471 e. The number of hydrogen-bond acceptors (Lipinski definition) is 6. The second-order valence-electron chi connectivity index (χ2n) is 7.82. The highest BCUT2D eigenvalue weighted by Gasteiger charge is 2.38. The number of halogens is 3. The molecule has 2 aromatic heterocycles. The summed E-state index contributed by atoms with van der Waals surface area (Å²) in [6.45, 7) is 0.842. The molecular weight excluding hydrogens is 455 g/mol. The number of nitrogens with zero attached hydrogens (tertiary/aromatic N) is 5. The van der Waals surface area contributed by atoms with Crippen LogP contribution in [-0.2, 0) is 13.2 Å². The largest absolute Gasteiger partial charge is 0.471 e. The van der Waals surface area contributed by atoms with E-state index < -0.39 is 12.1 Å². The lowest BCUT2D eigenvalue weighted by atomic mass is 10.0. The van der Waals surface area contributed by atoms with E-state index >= 15 is 0 Å². The third-order valence-corrected chi connectivity index (χ3v) is 5.50. The molecule has 34 heavy (non-hydrogen) atoms. The first-order valence-electron chi connectivity index (χ1n) is 10.6. The second-order valence-corrected chi connectivity index (χ2v) is 7.82. The molecule has 3 amide bonds. The van der Waals surface area contributed by atoms with E-state index in [9.17, 15) is 22.8 Å². The van der Waals surface area contributed by atoms with Crippen LogP contribution in [0.15, 0.2) is 41.1 Å². The molecule has 1 aromatic carbocycles. The zero-order valence-corrected chi connectivity index (χ0v) is 18.2. The summed E-state index contributed by atoms with van der Waals surface area (Å²) in [6, 6.07) is 7.17. The molecule has 4 rings (SSSR count). The summed E-state index contributed by atoms with van der Waals surface area (Å²) in [5.74, 6) is -1.89. The van der Waals surface area contributed by atoms with Gasteiger partial charge in [-0.3, -0.25) is 9.48 Å². The number of anilines is 1. The van der Waals surface area contributed by atoms with Crippen LogP contribution in [0.1, 0.15) is 35.6 Å². The van der Waals surface area contributed by atoms with Gasteiger partial charge in [-0.25, -0.2) is 4.79 Å². The first kappa shape index (κ1) is 23.3. The fraction of sp³-hybridized carbons (Fsp3) is 0.381. The Bertz CT molecular complexity index is 1160. The van der Waals surface area contributed by atoms with Crippen LogP contribution >= 0.6 is 0 Å². The molecule has 3 heterocycles. The summed E-state index contributed by atoms with van der Waals surface area (Å²) in [6.07, 6.45) is -0.652. The minimum Gasteiger partial charge on any atom is -0.349 e. The molecule has 1 unspecified atom stereocenters. The number of likely N-dealkylation sites (tertiary alicyclic amines) is 1. The van der Waals surface area contributed by atoms with Crippen LogP contribution in [0.5, 0.6) is 0 Å². The maximum atomic E-state index is 12.9. The Morgan fingerprint density at radius 2 is 1.94 bits per heavy atom. The van der Waals surface area contributed by atoms with Gasteiger partial charge >= 0.3 is 18.1 Å². The second kappa shape index (κ2) is 9.53. The SMILES string of the molecule is Cn1nccc1C(=O)NCC1CCCCN1C(=O)Nc1ccc(-c2noc(C(F)(F)F)n2)cc1. The molecule has 1 aliphatic rings. The van der Waals surface area contributed by atoms with Gasteiger partial charge in [0.15, 0.2) is 0 Å². The van der Waals surface area contributed by atoms with Crippen LogP contribution in [0.3, 0.4) is 0 Å². The molecule has 10 nitrogen and oxygen atoms in total. The highest BCUT2D eigenvalue weighted by molar-refractivity contribution is 5.92. The quantitative estimate of drug-likeness (QED) is 0.582. The van der Waals surface area contributed by atoms with Crippen LogP contribution in [0.2, 0.25) is 0 Å². The average molecular weight is 477 g/mol. The zero-order chi connectivity index (χ0) is 24.3. The Balaban J connectivity index is 1.37. The lowest BCUT2D eigenvalue weighted by molar-refractivity contribution is -0.159. The number of urea groups is 1. The molecular formula is C21H22F3N7O3. The van der Waals surface area contributed by atoms with E-state index in [1.807, 2.05) is 0 Å². The minimum absolute atomic E-state index is 0.176. The Morgan fingerprint density at radius 3 is 2.59 bits per heavy atom. The molecule has 0 spiro atoms. The van der Waals surface area contributed by atoms with Crippen molar-refractivity contribution in [2.24, 2.45) is 7.05 Å². The van der Waals surface area contributed by atoms with Gasteiger partial charge in [-0.2, -0.15) is 23.3 Å². The molecule has 0 aliphatic carbocycles. The number of aryl methyl sites for hydroxylation is 1. The number of amides is 3. The molecule has 13 heteroatoms. The zero-order valence-electron chi connectivity index (χ0n) is 18.2. The number of hydrogen-bond donors (Lipinski definition) is 2. The summed E-state index contributed by atoms with van der Waals surface area (Å²) in [5.41, 5.74) is 1.19. The van der Waals surface area contributed by atoms with E-state index in [2.05, 4.69) is 30.4 Å². The molecule has 3 aromatic rings. The van der Waals surface area contributed by atoms with Crippen LogP contribution in [0.25, 0.3) is 11.4 Å². The Hall–Kier alpha value is -3.90. The van der Waals surface area contributed by atoms with Crippen LogP contribution in [-0.4, -0.2) is 55.9 Å². The highest BCUT2D eigenvalue weighted by Crippen LogP contribution is 2.29. The average Bonchev–Trinajstić information content (AvgIpc) is 3.48. The molecule has 180 valence electrons. The van der Waals surface area contributed by atoms with E-state index in [4.69, 9.17) is 0 Å². The van der Waals surface area contributed by atoms with Gasteiger partial charge < -0.3 is 20.1 Å². The van der Waals surface area contributed by atoms with E-state index in [0.29, 0.717) is 30.0 Å². The van der Waals surface area contributed by atoms with E-state index in [1.165, 1.54) is 23.0 Å². The minimum atomic E-state index is -4.72. The predicted octanol–water partition coefficient (Wildman–Crippen LogP) is 3.31. The van der Waals surface area contributed by atoms with Crippen molar-refractivity contribution in [1.82, 2.24) is 30.1 Å². The summed E-state index contributed by atoms with van der Waals surface area (Å²) in [4.78, 5) is 30.3. The molecule has 0 radical (unpaired) electrons. The van der Waals surface area contributed by atoms with Crippen molar-refractivity contribution in [2.75, 3.05) is 18.4 Å². The van der Waals surface area contributed by atoms with Gasteiger partial charge in [-0.15, -0.1) is 0 Å². The summed E-state index contributed by atoms with van der Waals surface area (Å²) in [5, 5.41) is 13.0. The number of nitrogens with one attached hydrogen (secondary N) is 2. The topological polar surface area (TPSA) is 118 Å². The van der Waals surface area contributed by atoms with Crippen LogP contribution in [0.4, 0.5) is 23.7 Å². The van der Waals surface area contributed by atoms with Crippen molar-refractivity contribution in [3.05, 3.63) is 48.1 Å². The van der Waals surface area contributed by atoms with Gasteiger partial charge in [0.2, 0.25) is 5.82 Å². The maximum absolute atomic E-state index is 12.9. The fourth-order valence-electron chi connectivity index (χ4n) is 3.73. The van der Waals surface area contributed by atoms with Crippen molar-refractivity contribution in [2.45, 2.75) is 31.5 Å². The van der Waals surface area contributed by atoms with Crippen molar-refractivity contribution >= 4 is 17.6 Å². The van der Waals surface area contributed by atoms with Crippen LogP contribution in [0, 0.1) is 0 Å². The van der Waals surface area contributed by atoms with Crippen molar-refractivity contribution in [1.29, 1.82) is 0 Å². The predicted molar refractivity (Wildman–Crippen MR) is 114 cm³/mol. The van der Waals surface area contributed by atoms with Crippen molar-refractivity contribution < 1.29 is 27.3 Å². The lowest BCUT2D eigenvalue weighted by Crippen LogP contribution is -2.51. The number of carbonyl (C=O) groups excluding carboxylic acids is 2. The molecule has 1 fully saturated rings. The van der Waals surface area contributed by atoms with Gasteiger partial charge in [0.05, 0.1) is 6.04 Å². The number of aromatic nitrogens is 4. The van der Waals surface area contributed by atoms with Gasteiger partial charge in [-0.1, -0.05) is 5.16 Å². The van der Waals surface area contributed by atoms with Gasteiger partial charge in [-0.05, 0) is 49.6 Å². The normalized spacial score (nSPS) is 16.4. The molecule has 0 saturated carbocycles. The lowest BCUT2D eigenvalue weighted by Gasteiger charge is -2.35. The summed E-state index contributed by atoms with van der Waals surface area (Å²) in [7, 11) is 1.68. The van der Waals surface area contributed by atoms with E-state index in [-0.39, 0.29) is 23.8 Å². The number of benzene rings is 1. The molecule has 1 saturated heterocycles. The number of carbonyl (C=O) groups is 2. The Labute approximate surface area is 192 Å².